The Morgan fingerprint density at radius 3 is 2.62 bits per heavy atom. The van der Waals surface area contributed by atoms with Crippen LogP contribution in [0.3, 0.4) is 0 Å². The molecule has 0 bridgehead atoms. The summed E-state index contributed by atoms with van der Waals surface area (Å²) in [4.78, 5) is 36.8. The van der Waals surface area contributed by atoms with Gasteiger partial charge in [0.25, 0.3) is 11.5 Å². The fourth-order valence-corrected chi connectivity index (χ4v) is 2.84. The third-order valence-electron chi connectivity index (χ3n) is 3.59. The van der Waals surface area contributed by atoms with Crippen molar-refractivity contribution in [1.29, 1.82) is 0 Å². The van der Waals surface area contributed by atoms with Gasteiger partial charge in [0.2, 0.25) is 11.7 Å². The van der Waals surface area contributed by atoms with Crippen molar-refractivity contribution in [2.24, 2.45) is 0 Å². The summed E-state index contributed by atoms with van der Waals surface area (Å²) < 4.78 is 9.87. The number of nitrogens with one attached hydrogen (secondary N) is 3. The fraction of sp³-hybridized carbons (Fsp3) is 0.118. The highest BCUT2D eigenvalue weighted by Crippen LogP contribution is 2.38. The molecule has 0 aliphatic rings. The van der Waals surface area contributed by atoms with E-state index < -0.39 is 11.7 Å². The highest BCUT2D eigenvalue weighted by molar-refractivity contribution is 6.37. The number of carbonyl (C=O) groups excluding carboxylic acids is 1. The SMILES string of the molecule is C=CCCc1cc(Oc2c(Cl)cc(NC(=O)c3noc(=O)[nH]3)cc2Cl)n[nH]c1=O. The summed E-state index contributed by atoms with van der Waals surface area (Å²) in [6.07, 6.45) is 2.77. The van der Waals surface area contributed by atoms with Gasteiger partial charge in [-0.2, -0.15) is 0 Å². The first-order valence-electron chi connectivity index (χ1n) is 8.11. The van der Waals surface area contributed by atoms with Crippen LogP contribution in [0.4, 0.5) is 5.69 Å². The van der Waals surface area contributed by atoms with Crippen LogP contribution in [0.15, 0.2) is 45.0 Å². The van der Waals surface area contributed by atoms with Crippen molar-refractivity contribution in [2.45, 2.75) is 12.8 Å². The molecule has 12 heteroatoms. The lowest BCUT2D eigenvalue weighted by atomic mass is 10.2. The summed E-state index contributed by atoms with van der Waals surface area (Å²) in [7, 11) is 0. The van der Waals surface area contributed by atoms with Gasteiger partial charge >= 0.3 is 5.76 Å². The van der Waals surface area contributed by atoms with Crippen molar-refractivity contribution in [3.63, 3.8) is 0 Å². The minimum Gasteiger partial charge on any atom is -0.434 e. The van der Waals surface area contributed by atoms with Crippen LogP contribution in [0.25, 0.3) is 0 Å². The van der Waals surface area contributed by atoms with Crippen LogP contribution in [-0.2, 0) is 6.42 Å². The van der Waals surface area contributed by atoms with E-state index in [1.165, 1.54) is 18.2 Å². The zero-order chi connectivity index (χ0) is 21.0. The Hall–Kier alpha value is -3.37. The number of nitrogens with zero attached hydrogens (tertiary/aromatic N) is 2. The molecule has 0 unspecified atom stereocenters. The number of carbonyl (C=O) groups is 1. The summed E-state index contributed by atoms with van der Waals surface area (Å²) >= 11 is 12.4. The van der Waals surface area contributed by atoms with E-state index in [-0.39, 0.29) is 38.7 Å². The maximum Gasteiger partial charge on any atom is 0.439 e. The quantitative estimate of drug-likeness (QED) is 0.482. The van der Waals surface area contributed by atoms with Gasteiger partial charge in [-0.05, 0) is 30.1 Å². The highest BCUT2D eigenvalue weighted by atomic mass is 35.5. The number of aryl methyl sites for hydroxylation is 1. The van der Waals surface area contributed by atoms with Gasteiger partial charge in [0.05, 0.1) is 10.0 Å². The molecule has 1 aromatic carbocycles. The second-order valence-corrected chi connectivity index (χ2v) is 6.47. The second kappa shape index (κ2) is 8.76. The third-order valence-corrected chi connectivity index (χ3v) is 4.15. The molecule has 3 N–H and O–H groups in total. The number of rotatable bonds is 7. The molecule has 3 rings (SSSR count). The number of benzene rings is 1. The molecule has 3 aromatic rings. The van der Waals surface area contributed by atoms with Gasteiger partial charge in [0, 0.05) is 17.3 Å². The maximum absolute atomic E-state index is 12.0. The van der Waals surface area contributed by atoms with Gasteiger partial charge in [-0.3, -0.25) is 19.1 Å². The van der Waals surface area contributed by atoms with Gasteiger partial charge in [0.15, 0.2) is 5.75 Å². The molecule has 0 atom stereocenters. The van der Waals surface area contributed by atoms with E-state index in [9.17, 15) is 14.4 Å². The molecule has 150 valence electrons. The van der Waals surface area contributed by atoms with Crippen LogP contribution in [0, 0.1) is 0 Å². The van der Waals surface area contributed by atoms with Crippen LogP contribution in [0.2, 0.25) is 10.0 Å². The first-order chi connectivity index (χ1) is 13.9. The number of hydrogen-bond donors (Lipinski definition) is 3. The molecule has 0 aliphatic heterocycles. The number of anilines is 1. The Morgan fingerprint density at radius 2 is 2.00 bits per heavy atom. The molecule has 2 heterocycles. The monoisotopic (exact) mass is 437 g/mol. The van der Waals surface area contributed by atoms with Crippen molar-refractivity contribution >= 4 is 34.8 Å². The van der Waals surface area contributed by atoms with Crippen molar-refractivity contribution in [3.8, 4) is 11.6 Å². The standard InChI is InChI=1S/C17H13Cl2N5O5/c1-2-3-4-8-5-12(22-23-15(8)25)28-13-10(18)6-9(7-11(13)19)20-16(26)14-21-17(27)29-24-14/h2,5-7H,1,3-4H2,(H,20,26)(H,23,25)(H,21,24,27). The summed E-state index contributed by atoms with van der Waals surface area (Å²) in [6, 6.07) is 4.23. The Bertz CT molecular complexity index is 1160. The van der Waals surface area contributed by atoms with E-state index in [1.54, 1.807) is 6.08 Å². The van der Waals surface area contributed by atoms with Gasteiger partial charge in [-0.25, -0.2) is 9.89 Å². The Labute approximate surface area is 172 Å². The highest BCUT2D eigenvalue weighted by Gasteiger charge is 2.16. The zero-order valence-corrected chi connectivity index (χ0v) is 16.1. The number of aromatic nitrogens is 4. The molecule has 10 nitrogen and oxygen atoms in total. The number of ether oxygens (including phenoxy) is 1. The number of hydrogen-bond acceptors (Lipinski definition) is 7. The molecule has 29 heavy (non-hydrogen) atoms. The van der Waals surface area contributed by atoms with Crippen molar-refractivity contribution in [1.82, 2.24) is 20.3 Å². The first-order valence-corrected chi connectivity index (χ1v) is 8.86. The predicted molar refractivity (Wildman–Crippen MR) is 105 cm³/mol. The Morgan fingerprint density at radius 1 is 1.28 bits per heavy atom. The molecule has 2 aromatic heterocycles. The van der Waals surface area contributed by atoms with Gasteiger partial charge in [0.1, 0.15) is 0 Å². The van der Waals surface area contributed by atoms with E-state index >= 15 is 0 Å². The van der Waals surface area contributed by atoms with Crippen molar-refractivity contribution in [2.75, 3.05) is 5.32 Å². The predicted octanol–water partition coefficient (Wildman–Crippen LogP) is 2.92. The number of H-pyrrole nitrogens is 2. The van der Waals surface area contributed by atoms with Crippen LogP contribution < -0.4 is 21.4 Å². The number of amides is 1. The largest absolute Gasteiger partial charge is 0.439 e. The van der Waals surface area contributed by atoms with E-state index in [4.69, 9.17) is 27.9 Å². The summed E-state index contributed by atoms with van der Waals surface area (Å²) in [5.41, 5.74) is 0.357. The van der Waals surface area contributed by atoms with Crippen molar-refractivity contribution in [3.05, 3.63) is 73.2 Å². The molecular weight excluding hydrogens is 425 g/mol. The smallest absolute Gasteiger partial charge is 0.434 e. The maximum atomic E-state index is 12.0. The Kier molecular flexibility index (Phi) is 6.15. The minimum absolute atomic E-state index is 0.0714. The van der Waals surface area contributed by atoms with Gasteiger partial charge < -0.3 is 10.1 Å². The van der Waals surface area contributed by atoms with Crippen LogP contribution in [0.1, 0.15) is 22.6 Å². The lowest BCUT2D eigenvalue weighted by Crippen LogP contribution is -2.15. The number of allylic oxidation sites excluding steroid dienone is 1. The average Bonchev–Trinajstić information content (AvgIpc) is 3.11. The topological polar surface area (TPSA) is 143 Å². The van der Waals surface area contributed by atoms with E-state index in [0.717, 1.165) is 0 Å². The van der Waals surface area contributed by atoms with Crippen LogP contribution >= 0.6 is 23.2 Å². The normalized spacial score (nSPS) is 10.6. The molecule has 0 radical (unpaired) electrons. The molecule has 0 saturated heterocycles. The lowest BCUT2D eigenvalue weighted by Gasteiger charge is -2.11. The van der Waals surface area contributed by atoms with Crippen LogP contribution in [-0.4, -0.2) is 26.2 Å². The molecule has 0 saturated carbocycles. The lowest BCUT2D eigenvalue weighted by molar-refractivity contribution is 0.101. The molecule has 0 spiro atoms. The Balaban J connectivity index is 1.81. The molecule has 0 aliphatic carbocycles. The number of aromatic amines is 2. The fourth-order valence-electron chi connectivity index (χ4n) is 2.27. The molecule has 0 fully saturated rings. The van der Waals surface area contributed by atoms with E-state index in [2.05, 4.69) is 36.8 Å². The van der Waals surface area contributed by atoms with Crippen molar-refractivity contribution < 1.29 is 14.1 Å². The van der Waals surface area contributed by atoms with Gasteiger partial charge in [-0.15, -0.1) is 11.7 Å². The summed E-state index contributed by atoms with van der Waals surface area (Å²) in [5, 5.41) is 12.0. The first kappa shape index (κ1) is 20.4. The number of halogens is 2. The summed E-state index contributed by atoms with van der Waals surface area (Å²) in [5.74, 6) is -1.74. The summed E-state index contributed by atoms with van der Waals surface area (Å²) in [6.45, 7) is 3.62. The van der Waals surface area contributed by atoms with Gasteiger partial charge in [-0.1, -0.05) is 29.3 Å². The molecular formula is C17H13Cl2N5O5. The van der Waals surface area contributed by atoms with E-state index in [1.807, 2.05) is 0 Å². The van der Waals surface area contributed by atoms with E-state index in [0.29, 0.717) is 18.4 Å². The second-order valence-electron chi connectivity index (χ2n) is 5.66. The van der Waals surface area contributed by atoms with Crippen LogP contribution in [0.5, 0.6) is 11.6 Å². The average molecular weight is 438 g/mol. The molecule has 1 amide bonds. The zero-order valence-electron chi connectivity index (χ0n) is 14.6. The third kappa shape index (κ3) is 4.92. The minimum atomic E-state index is -0.865.